The average Bonchev–Trinajstić information content (AvgIpc) is 1.85. The minimum absolute atomic E-state index is 0.100. The van der Waals surface area contributed by atoms with E-state index < -0.39 is 0 Å². The predicted molar refractivity (Wildman–Crippen MR) is 35.4 cm³/mol. The Balaban J connectivity index is 3.22. The molecule has 0 aliphatic rings. The van der Waals surface area contributed by atoms with Gasteiger partial charge in [0.2, 0.25) is 5.88 Å². The zero-order valence-corrected chi connectivity index (χ0v) is 5.50. The van der Waals surface area contributed by atoms with Crippen LogP contribution in [0.4, 0.5) is 0 Å². The fourth-order valence-electron chi connectivity index (χ4n) is 0.716. The number of hydrogen-bond acceptors (Lipinski definition) is 3. The standard InChI is InChI=1S/C7H6N2O/c1-5-2-6(4-8)3-7(10)9-5/h2-3H,1H3,(H,9,10). The van der Waals surface area contributed by atoms with Crippen LogP contribution in [-0.4, -0.2) is 10.1 Å². The van der Waals surface area contributed by atoms with E-state index >= 15 is 0 Å². The average molecular weight is 134 g/mol. The third-order valence-corrected chi connectivity index (χ3v) is 1.07. The molecule has 0 amide bonds. The van der Waals surface area contributed by atoms with Gasteiger partial charge >= 0.3 is 0 Å². The Hall–Kier alpha value is -1.56. The summed E-state index contributed by atoms with van der Waals surface area (Å²) in [6.45, 7) is 1.72. The lowest BCUT2D eigenvalue weighted by Gasteiger charge is -1.93. The highest BCUT2D eigenvalue weighted by atomic mass is 16.3. The van der Waals surface area contributed by atoms with Gasteiger partial charge in [-0.1, -0.05) is 0 Å². The van der Waals surface area contributed by atoms with E-state index in [0.717, 1.165) is 0 Å². The first-order valence-corrected chi connectivity index (χ1v) is 2.80. The highest BCUT2D eigenvalue weighted by Crippen LogP contribution is 2.08. The highest BCUT2D eigenvalue weighted by molar-refractivity contribution is 5.33. The molecular weight excluding hydrogens is 128 g/mol. The minimum atomic E-state index is -0.100. The number of rotatable bonds is 0. The molecule has 1 heterocycles. The molecule has 0 atom stereocenters. The SMILES string of the molecule is Cc1cc(C#N)cc(O)n1. The van der Waals surface area contributed by atoms with E-state index in [-0.39, 0.29) is 5.88 Å². The Labute approximate surface area is 58.6 Å². The van der Waals surface area contributed by atoms with Gasteiger partial charge in [-0.25, -0.2) is 4.98 Å². The van der Waals surface area contributed by atoms with Crippen LogP contribution in [0.25, 0.3) is 0 Å². The van der Waals surface area contributed by atoms with Gasteiger partial charge in [-0.05, 0) is 13.0 Å². The van der Waals surface area contributed by atoms with Gasteiger partial charge < -0.3 is 5.11 Å². The van der Waals surface area contributed by atoms with Crippen molar-refractivity contribution in [1.82, 2.24) is 4.98 Å². The molecule has 1 N–H and O–H groups in total. The fraction of sp³-hybridized carbons (Fsp3) is 0.143. The fourth-order valence-corrected chi connectivity index (χ4v) is 0.716. The largest absolute Gasteiger partial charge is 0.493 e. The Bertz CT molecular complexity index is 268. The van der Waals surface area contributed by atoms with Crippen molar-refractivity contribution < 1.29 is 5.11 Å². The first-order chi connectivity index (χ1) is 4.72. The van der Waals surface area contributed by atoms with Crippen molar-refractivity contribution in [1.29, 1.82) is 5.26 Å². The Morgan fingerprint density at radius 1 is 1.60 bits per heavy atom. The Morgan fingerprint density at radius 2 is 2.30 bits per heavy atom. The van der Waals surface area contributed by atoms with Gasteiger partial charge in [0.25, 0.3) is 0 Å². The first kappa shape index (κ1) is 6.56. The molecule has 0 fully saturated rings. The van der Waals surface area contributed by atoms with Crippen molar-refractivity contribution in [3.05, 3.63) is 23.4 Å². The second-order valence-electron chi connectivity index (χ2n) is 1.97. The van der Waals surface area contributed by atoms with Crippen molar-refractivity contribution in [2.75, 3.05) is 0 Å². The van der Waals surface area contributed by atoms with E-state index in [1.165, 1.54) is 6.07 Å². The second kappa shape index (κ2) is 2.36. The van der Waals surface area contributed by atoms with E-state index in [9.17, 15) is 0 Å². The van der Waals surface area contributed by atoms with E-state index in [1.54, 1.807) is 13.0 Å². The van der Waals surface area contributed by atoms with E-state index in [0.29, 0.717) is 11.3 Å². The maximum absolute atomic E-state index is 8.86. The van der Waals surface area contributed by atoms with E-state index in [1.807, 2.05) is 6.07 Å². The summed E-state index contributed by atoms with van der Waals surface area (Å²) in [4.78, 5) is 3.69. The lowest BCUT2D eigenvalue weighted by atomic mass is 10.2. The van der Waals surface area contributed by atoms with Crippen LogP contribution in [0.2, 0.25) is 0 Å². The molecule has 0 radical (unpaired) electrons. The number of hydrogen-bond donors (Lipinski definition) is 1. The molecule has 1 aromatic rings. The third kappa shape index (κ3) is 1.23. The van der Waals surface area contributed by atoms with Crippen molar-refractivity contribution in [2.24, 2.45) is 0 Å². The molecular formula is C7H6N2O. The number of aromatic nitrogens is 1. The van der Waals surface area contributed by atoms with Crippen molar-refractivity contribution in [3.8, 4) is 11.9 Å². The summed E-state index contributed by atoms with van der Waals surface area (Å²) in [6, 6.07) is 4.85. The Kier molecular flexibility index (Phi) is 1.55. The smallest absolute Gasteiger partial charge is 0.212 e. The van der Waals surface area contributed by atoms with Gasteiger partial charge in [-0.3, -0.25) is 0 Å². The summed E-state index contributed by atoms with van der Waals surface area (Å²) in [5.41, 5.74) is 1.08. The van der Waals surface area contributed by atoms with Crippen LogP contribution in [0.5, 0.6) is 5.88 Å². The molecule has 0 aliphatic carbocycles. The lowest BCUT2D eigenvalue weighted by molar-refractivity contribution is 0.452. The zero-order valence-electron chi connectivity index (χ0n) is 5.50. The summed E-state index contributed by atoms with van der Waals surface area (Å²) in [6.07, 6.45) is 0. The predicted octanol–water partition coefficient (Wildman–Crippen LogP) is 0.967. The van der Waals surface area contributed by atoms with Crippen LogP contribution in [0.15, 0.2) is 12.1 Å². The molecule has 0 saturated heterocycles. The topological polar surface area (TPSA) is 56.9 Å². The number of aromatic hydroxyl groups is 1. The van der Waals surface area contributed by atoms with Crippen LogP contribution >= 0.6 is 0 Å². The van der Waals surface area contributed by atoms with E-state index in [4.69, 9.17) is 10.4 Å². The summed E-state index contributed by atoms with van der Waals surface area (Å²) >= 11 is 0. The summed E-state index contributed by atoms with van der Waals surface area (Å²) in [7, 11) is 0. The van der Waals surface area contributed by atoms with Gasteiger partial charge in [-0.2, -0.15) is 5.26 Å². The van der Waals surface area contributed by atoms with Gasteiger partial charge in [0.1, 0.15) is 0 Å². The van der Waals surface area contributed by atoms with Crippen molar-refractivity contribution in [2.45, 2.75) is 6.92 Å². The molecule has 0 bridgehead atoms. The van der Waals surface area contributed by atoms with Crippen molar-refractivity contribution in [3.63, 3.8) is 0 Å². The molecule has 50 valence electrons. The van der Waals surface area contributed by atoms with Crippen LogP contribution in [0.3, 0.4) is 0 Å². The molecule has 3 heteroatoms. The van der Waals surface area contributed by atoms with Crippen molar-refractivity contribution >= 4 is 0 Å². The Morgan fingerprint density at radius 3 is 2.80 bits per heavy atom. The van der Waals surface area contributed by atoms with Crippen LogP contribution in [0, 0.1) is 18.3 Å². The lowest BCUT2D eigenvalue weighted by Crippen LogP contribution is -1.82. The monoisotopic (exact) mass is 134 g/mol. The zero-order chi connectivity index (χ0) is 7.56. The molecule has 1 aromatic heterocycles. The summed E-state index contributed by atoms with van der Waals surface area (Å²) in [5, 5.41) is 17.3. The maximum Gasteiger partial charge on any atom is 0.212 e. The molecule has 0 aromatic carbocycles. The second-order valence-corrected chi connectivity index (χ2v) is 1.97. The number of nitrogens with zero attached hydrogens (tertiary/aromatic N) is 2. The quantitative estimate of drug-likeness (QED) is 0.575. The molecule has 0 saturated carbocycles. The molecule has 1 rings (SSSR count). The summed E-state index contributed by atoms with van der Waals surface area (Å²) < 4.78 is 0. The van der Waals surface area contributed by atoms with Gasteiger partial charge in [0.15, 0.2) is 0 Å². The molecule has 10 heavy (non-hydrogen) atoms. The number of pyridine rings is 1. The number of aryl methyl sites for hydroxylation is 1. The van der Waals surface area contributed by atoms with E-state index in [2.05, 4.69) is 4.98 Å². The molecule has 0 aliphatic heterocycles. The first-order valence-electron chi connectivity index (χ1n) is 2.80. The molecule has 0 spiro atoms. The van der Waals surface area contributed by atoms with Crippen LogP contribution in [0.1, 0.15) is 11.3 Å². The third-order valence-electron chi connectivity index (χ3n) is 1.07. The van der Waals surface area contributed by atoms with Gasteiger partial charge in [0.05, 0.1) is 11.6 Å². The molecule has 0 unspecified atom stereocenters. The van der Waals surface area contributed by atoms with Crippen LogP contribution < -0.4 is 0 Å². The summed E-state index contributed by atoms with van der Waals surface area (Å²) in [5.74, 6) is -0.100. The van der Waals surface area contributed by atoms with Crippen LogP contribution in [-0.2, 0) is 0 Å². The van der Waals surface area contributed by atoms with Gasteiger partial charge in [-0.15, -0.1) is 0 Å². The number of nitriles is 1. The molecule has 3 nitrogen and oxygen atoms in total. The van der Waals surface area contributed by atoms with Gasteiger partial charge in [0, 0.05) is 11.8 Å². The normalized spacial score (nSPS) is 8.80. The minimum Gasteiger partial charge on any atom is -0.493 e. The highest BCUT2D eigenvalue weighted by Gasteiger charge is 1.95. The maximum atomic E-state index is 8.86.